The quantitative estimate of drug-likeness (QED) is 0.857. The van der Waals surface area contributed by atoms with Crippen molar-refractivity contribution in [3.63, 3.8) is 0 Å². The van der Waals surface area contributed by atoms with E-state index in [9.17, 15) is 4.79 Å². The molecule has 3 heterocycles. The molecule has 0 saturated carbocycles. The fourth-order valence-corrected chi connectivity index (χ4v) is 2.73. The number of aromatic nitrogens is 2. The molecule has 2 aromatic heterocycles. The molecular formula is C17H22N4O3. The number of carbonyl (C=O) groups is 1. The summed E-state index contributed by atoms with van der Waals surface area (Å²) in [5.41, 5.74) is 3.52. The van der Waals surface area contributed by atoms with Crippen LogP contribution in [0.25, 0.3) is 0 Å². The Morgan fingerprint density at radius 3 is 2.71 bits per heavy atom. The van der Waals surface area contributed by atoms with Crippen molar-refractivity contribution in [2.24, 2.45) is 0 Å². The molecule has 0 radical (unpaired) electrons. The number of carbonyl (C=O) groups excluding carboxylic acids is 1. The molecule has 1 amide bonds. The average Bonchev–Trinajstić information content (AvgIpc) is 3.00. The van der Waals surface area contributed by atoms with Crippen molar-refractivity contribution in [1.82, 2.24) is 15.0 Å². The van der Waals surface area contributed by atoms with Crippen molar-refractivity contribution in [3.05, 3.63) is 41.0 Å². The zero-order chi connectivity index (χ0) is 17.3. The zero-order valence-corrected chi connectivity index (χ0v) is 14.4. The summed E-state index contributed by atoms with van der Waals surface area (Å²) >= 11 is 0. The highest BCUT2D eigenvalue weighted by atomic mass is 16.5. The third kappa shape index (κ3) is 3.41. The lowest BCUT2D eigenvalue weighted by Crippen LogP contribution is -2.42. The van der Waals surface area contributed by atoms with E-state index in [0.717, 1.165) is 17.1 Å². The molecule has 0 bridgehead atoms. The van der Waals surface area contributed by atoms with Crippen LogP contribution in [0.15, 0.2) is 22.7 Å². The minimum Gasteiger partial charge on any atom is -0.378 e. The highest BCUT2D eigenvalue weighted by Gasteiger charge is 2.29. The second kappa shape index (κ2) is 6.60. The van der Waals surface area contributed by atoms with Crippen LogP contribution in [-0.4, -0.2) is 54.7 Å². The molecule has 0 N–H and O–H groups in total. The van der Waals surface area contributed by atoms with Gasteiger partial charge in [-0.3, -0.25) is 9.78 Å². The van der Waals surface area contributed by atoms with Gasteiger partial charge in [0.1, 0.15) is 6.10 Å². The van der Waals surface area contributed by atoms with E-state index in [0.29, 0.717) is 25.4 Å². The van der Waals surface area contributed by atoms with Crippen molar-refractivity contribution < 1.29 is 14.1 Å². The van der Waals surface area contributed by atoms with E-state index in [1.54, 1.807) is 17.9 Å². The molecular weight excluding hydrogens is 308 g/mol. The Balaban J connectivity index is 1.79. The molecule has 0 unspecified atom stereocenters. The standard InChI is InChI=1S/C17H22N4O3/c1-11-7-13(20(3)4)9-14(18-11)16-10-21(5-6-23-16)17(22)15-8-12(2)19-24-15/h7-9,16H,5-6,10H2,1-4H3/t16-/m0/s1. The van der Waals surface area contributed by atoms with Crippen LogP contribution in [0.3, 0.4) is 0 Å². The molecule has 0 aliphatic carbocycles. The maximum Gasteiger partial charge on any atom is 0.292 e. The molecule has 1 aliphatic heterocycles. The Labute approximate surface area is 141 Å². The van der Waals surface area contributed by atoms with Crippen LogP contribution in [0, 0.1) is 13.8 Å². The van der Waals surface area contributed by atoms with Gasteiger partial charge in [0.05, 0.1) is 24.5 Å². The Hall–Kier alpha value is -2.41. The van der Waals surface area contributed by atoms with Crippen molar-refractivity contribution in [2.45, 2.75) is 20.0 Å². The maximum absolute atomic E-state index is 12.5. The van der Waals surface area contributed by atoms with Gasteiger partial charge in [-0.15, -0.1) is 0 Å². The highest BCUT2D eigenvalue weighted by Crippen LogP contribution is 2.25. The molecule has 0 aromatic carbocycles. The SMILES string of the molecule is Cc1cc(C(=O)N2CCO[C@H](c3cc(N(C)C)cc(C)n3)C2)on1. The number of morpholine rings is 1. The van der Waals surface area contributed by atoms with Gasteiger partial charge in [-0.1, -0.05) is 5.16 Å². The first-order chi connectivity index (χ1) is 11.4. The van der Waals surface area contributed by atoms with Crippen molar-refractivity contribution >= 4 is 11.6 Å². The number of rotatable bonds is 3. The van der Waals surface area contributed by atoms with E-state index >= 15 is 0 Å². The topological polar surface area (TPSA) is 71.7 Å². The van der Waals surface area contributed by atoms with E-state index in [1.807, 2.05) is 38.1 Å². The van der Waals surface area contributed by atoms with E-state index in [-0.39, 0.29) is 17.8 Å². The Morgan fingerprint density at radius 2 is 2.04 bits per heavy atom. The number of nitrogens with zero attached hydrogens (tertiary/aromatic N) is 4. The Bertz CT molecular complexity index is 741. The van der Waals surface area contributed by atoms with Crippen LogP contribution in [0.4, 0.5) is 5.69 Å². The summed E-state index contributed by atoms with van der Waals surface area (Å²) in [6.07, 6.45) is -0.245. The molecule has 3 rings (SSSR count). The molecule has 0 spiro atoms. The van der Waals surface area contributed by atoms with Crippen LogP contribution < -0.4 is 4.90 Å². The van der Waals surface area contributed by atoms with Crippen molar-refractivity contribution in [1.29, 1.82) is 0 Å². The van der Waals surface area contributed by atoms with E-state index in [2.05, 4.69) is 10.1 Å². The van der Waals surface area contributed by atoms with Crippen LogP contribution >= 0.6 is 0 Å². The van der Waals surface area contributed by atoms with Gasteiger partial charge >= 0.3 is 0 Å². The number of anilines is 1. The normalized spacial score (nSPS) is 17.8. The minimum absolute atomic E-state index is 0.163. The summed E-state index contributed by atoms with van der Waals surface area (Å²) in [7, 11) is 3.98. The zero-order valence-electron chi connectivity index (χ0n) is 14.4. The number of aryl methyl sites for hydroxylation is 2. The van der Waals surface area contributed by atoms with Crippen LogP contribution in [0.1, 0.15) is 33.7 Å². The van der Waals surface area contributed by atoms with E-state index in [4.69, 9.17) is 9.26 Å². The number of amides is 1. The van der Waals surface area contributed by atoms with Gasteiger partial charge in [-0.25, -0.2) is 0 Å². The first kappa shape index (κ1) is 16.4. The molecule has 7 nitrogen and oxygen atoms in total. The summed E-state index contributed by atoms with van der Waals surface area (Å²) in [6.45, 7) is 5.20. The highest BCUT2D eigenvalue weighted by molar-refractivity contribution is 5.91. The predicted molar refractivity (Wildman–Crippen MR) is 89.1 cm³/mol. The number of hydrogen-bond donors (Lipinski definition) is 0. The smallest absolute Gasteiger partial charge is 0.292 e. The van der Waals surface area contributed by atoms with Gasteiger partial charge in [0.25, 0.3) is 5.91 Å². The monoisotopic (exact) mass is 330 g/mol. The first-order valence-corrected chi connectivity index (χ1v) is 7.94. The lowest BCUT2D eigenvalue weighted by atomic mass is 10.1. The van der Waals surface area contributed by atoms with Gasteiger partial charge in [-0.2, -0.15) is 0 Å². The third-order valence-corrected chi connectivity index (χ3v) is 4.00. The Kier molecular flexibility index (Phi) is 4.53. The van der Waals surface area contributed by atoms with Crippen molar-refractivity contribution in [2.75, 3.05) is 38.7 Å². The summed E-state index contributed by atoms with van der Waals surface area (Å²) < 4.78 is 10.9. The second-order valence-corrected chi connectivity index (χ2v) is 6.23. The molecule has 1 atom stereocenters. The fraction of sp³-hybridized carbons (Fsp3) is 0.471. The third-order valence-electron chi connectivity index (χ3n) is 4.00. The van der Waals surface area contributed by atoms with Gasteiger partial charge < -0.3 is 19.1 Å². The summed E-state index contributed by atoms with van der Waals surface area (Å²) in [5.74, 6) is 0.101. The summed E-state index contributed by atoms with van der Waals surface area (Å²) in [4.78, 5) is 20.9. The molecule has 1 fully saturated rings. The van der Waals surface area contributed by atoms with Gasteiger partial charge in [0.15, 0.2) is 0 Å². The summed E-state index contributed by atoms with van der Waals surface area (Å²) in [5, 5.41) is 3.78. The fourth-order valence-electron chi connectivity index (χ4n) is 2.73. The second-order valence-electron chi connectivity index (χ2n) is 6.23. The number of ether oxygens (including phenoxy) is 1. The molecule has 128 valence electrons. The maximum atomic E-state index is 12.5. The van der Waals surface area contributed by atoms with Gasteiger partial charge in [0.2, 0.25) is 5.76 Å². The largest absolute Gasteiger partial charge is 0.378 e. The summed E-state index contributed by atoms with van der Waals surface area (Å²) in [6, 6.07) is 5.68. The predicted octanol–water partition coefficient (Wildman–Crippen LogP) is 1.97. The first-order valence-electron chi connectivity index (χ1n) is 7.94. The van der Waals surface area contributed by atoms with Crippen LogP contribution in [0.2, 0.25) is 0 Å². The number of pyridine rings is 1. The average molecular weight is 330 g/mol. The molecule has 1 aliphatic rings. The molecule has 24 heavy (non-hydrogen) atoms. The van der Waals surface area contributed by atoms with E-state index in [1.165, 1.54) is 0 Å². The van der Waals surface area contributed by atoms with E-state index < -0.39 is 0 Å². The lowest BCUT2D eigenvalue weighted by molar-refractivity contribution is -0.0259. The van der Waals surface area contributed by atoms with Gasteiger partial charge in [-0.05, 0) is 26.0 Å². The molecule has 7 heteroatoms. The van der Waals surface area contributed by atoms with Crippen LogP contribution in [0.5, 0.6) is 0 Å². The molecule has 1 saturated heterocycles. The van der Waals surface area contributed by atoms with Crippen molar-refractivity contribution in [3.8, 4) is 0 Å². The number of hydrogen-bond acceptors (Lipinski definition) is 6. The minimum atomic E-state index is -0.245. The Morgan fingerprint density at radius 1 is 1.25 bits per heavy atom. The lowest BCUT2D eigenvalue weighted by Gasteiger charge is -2.32. The van der Waals surface area contributed by atoms with Gasteiger partial charge in [0, 0.05) is 38.1 Å². The molecule has 2 aromatic rings. The van der Waals surface area contributed by atoms with Crippen LogP contribution in [-0.2, 0) is 4.74 Å².